The average molecular weight is 278 g/mol. The number of benzene rings is 1. The number of anilines is 1. The molecule has 0 aliphatic carbocycles. The molecule has 0 fully saturated rings. The normalized spacial score (nSPS) is 11.9. The number of nitrogens with two attached hydrogens (primary N) is 1. The van der Waals surface area contributed by atoms with Crippen LogP contribution in [0.25, 0.3) is 0 Å². The van der Waals surface area contributed by atoms with E-state index in [4.69, 9.17) is 10.5 Å². The third-order valence-corrected chi connectivity index (χ3v) is 3.38. The molecule has 0 saturated heterocycles. The van der Waals surface area contributed by atoms with Gasteiger partial charge in [-0.3, -0.25) is 4.79 Å². The fraction of sp³-hybridized carbons (Fsp3) is 0.562. The van der Waals surface area contributed by atoms with E-state index in [-0.39, 0.29) is 5.91 Å². The first-order valence-corrected chi connectivity index (χ1v) is 7.42. The second-order valence-corrected chi connectivity index (χ2v) is 4.90. The summed E-state index contributed by atoms with van der Waals surface area (Å²) in [5.41, 5.74) is 6.37. The molecule has 1 atom stereocenters. The molecule has 0 saturated carbocycles. The molecule has 4 nitrogen and oxygen atoms in total. The van der Waals surface area contributed by atoms with Gasteiger partial charge < -0.3 is 15.8 Å². The highest BCUT2D eigenvalue weighted by Crippen LogP contribution is 2.18. The molecule has 1 aromatic rings. The highest BCUT2D eigenvalue weighted by atomic mass is 16.5. The Kier molecular flexibility index (Phi) is 7.73. The Hall–Kier alpha value is -1.55. The Bertz CT molecular complexity index is 390. The van der Waals surface area contributed by atoms with Gasteiger partial charge >= 0.3 is 0 Å². The lowest BCUT2D eigenvalue weighted by atomic mass is 9.96. The molecule has 0 aromatic heterocycles. The number of rotatable bonds is 9. The van der Waals surface area contributed by atoms with Crippen molar-refractivity contribution in [1.29, 1.82) is 0 Å². The van der Waals surface area contributed by atoms with Gasteiger partial charge in [0.1, 0.15) is 5.75 Å². The van der Waals surface area contributed by atoms with Crippen molar-refractivity contribution in [1.82, 2.24) is 0 Å². The lowest BCUT2D eigenvalue weighted by Gasteiger charge is -2.13. The summed E-state index contributed by atoms with van der Waals surface area (Å²) in [5.74, 6) is 1.43. The van der Waals surface area contributed by atoms with Crippen molar-refractivity contribution >= 4 is 11.6 Å². The summed E-state index contributed by atoms with van der Waals surface area (Å²) >= 11 is 0. The summed E-state index contributed by atoms with van der Waals surface area (Å²) in [6, 6.07) is 7.45. The predicted octanol–water partition coefficient (Wildman–Crippen LogP) is 3.18. The molecule has 0 heterocycles. The van der Waals surface area contributed by atoms with Crippen LogP contribution in [0.3, 0.4) is 0 Å². The van der Waals surface area contributed by atoms with Crippen molar-refractivity contribution in [3.05, 3.63) is 24.3 Å². The molecule has 0 radical (unpaired) electrons. The van der Waals surface area contributed by atoms with Crippen molar-refractivity contribution in [2.75, 3.05) is 18.5 Å². The first-order valence-electron chi connectivity index (χ1n) is 7.42. The maximum absolute atomic E-state index is 11.9. The zero-order valence-corrected chi connectivity index (χ0v) is 12.5. The topological polar surface area (TPSA) is 64.3 Å². The number of carbonyl (C=O) groups is 1. The lowest BCUT2D eigenvalue weighted by molar-refractivity contribution is -0.116. The van der Waals surface area contributed by atoms with Gasteiger partial charge in [-0.1, -0.05) is 13.3 Å². The fourth-order valence-electron chi connectivity index (χ4n) is 2.15. The van der Waals surface area contributed by atoms with Crippen LogP contribution in [0.2, 0.25) is 0 Å². The van der Waals surface area contributed by atoms with Crippen molar-refractivity contribution in [3.8, 4) is 5.75 Å². The molecule has 1 amide bonds. The van der Waals surface area contributed by atoms with Gasteiger partial charge in [-0.05, 0) is 56.5 Å². The molecule has 4 heteroatoms. The molecule has 112 valence electrons. The second kappa shape index (κ2) is 9.37. The van der Waals surface area contributed by atoms with Gasteiger partial charge in [0.15, 0.2) is 0 Å². The van der Waals surface area contributed by atoms with E-state index < -0.39 is 0 Å². The molecule has 1 aromatic carbocycles. The van der Waals surface area contributed by atoms with Crippen LogP contribution in [0.5, 0.6) is 5.75 Å². The van der Waals surface area contributed by atoms with Crippen LogP contribution >= 0.6 is 0 Å². The Balaban J connectivity index is 2.37. The number of amides is 1. The number of carbonyl (C=O) groups excluding carboxylic acids is 1. The standard InChI is InChI=1S/C16H26N2O2/c1-3-13(11-12-17)5-10-16(19)18-14-6-8-15(9-7-14)20-4-2/h6-9,13H,3-5,10-12,17H2,1-2H3,(H,18,19). The van der Waals surface area contributed by atoms with Crippen LogP contribution in [0.15, 0.2) is 24.3 Å². The quantitative estimate of drug-likeness (QED) is 0.729. The maximum atomic E-state index is 11.9. The third-order valence-electron chi connectivity index (χ3n) is 3.38. The molecule has 3 N–H and O–H groups in total. The number of nitrogens with one attached hydrogen (secondary N) is 1. The molecular weight excluding hydrogens is 252 g/mol. The summed E-state index contributed by atoms with van der Waals surface area (Å²) < 4.78 is 5.36. The molecule has 0 spiro atoms. The van der Waals surface area contributed by atoms with Gasteiger partial charge in [-0.2, -0.15) is 0 Å². The zero-order chi connectivity index (χ0) is 14.8. The molecular formula is C16H26N2O2. The van der Waals surface area contributed by atoms with Crippen LogP contribution in [0.1, 0.15) is 39.5 Å². The minimum absolute atomic E-state index is 0.0598. The van der Waals surface area contributed by atoms with Gasteiger partial charge in [-0.25, -0.2) is 0 Å². The fourth-order valence-corrected chi connectivity index (χ4v) is 2.15. The number of ether oxygens (including phenoxy) is 1. The largest absolute Gasteiger partial charge is 0.494 e. The highest BCUT2D eigenvalue weighted by Gasteiger charge is 2.09. The van der Waals surface area contributed by atoms with Crippen LogP contribution in [-0.2, 0) is 4.79 Å². The third kappa shape index (κ3) is 6.06. The Morgan fingerprint density at radius 3 is 2.50 bits per heavy atom. The van der Waals surface area contributed by atoms with E-state index in [2.05, 4.69) is 12.2 Å². The van der Waals surface area contributed by atoms with Gasteiger partial charge in [-0.15, -0.1) is 0 Å². The monoisotopic (exact) mass is 278 g/mol. The van der Waals surface area contributed by atoms with Crippen molar-refractivity contribution in [2.45, 2.75) is 39.5 Å². The van der Waals surface area contributed by atoms with Gasteiger partial charge in [0.2, 0.25) is 5.91 Å². The van der Waals surface area contributed by atoms with Crippen LogP contribution < -0.4 is 15.8 Å². The van der Waals surface area contributed by atoms with Gasteiger partial charge in [0.05, 0.1) is 6.61 Å². The van der Waals surface area contributed by atoms with E-state index in [1.54, 1.807) is 0 Å². The Labute approximate surface area is 121 Å². The zero-order valence-electron chi connectivity index (χ0n) is 12.5. The summed E-state index contributed by atoms with van der Waals surface area (Å²) in [6.45, 7) is 5.43. The molecule has 20 heavy (non-hydrogen) atoms. The minimum atomic E-state index is 0.0598. The van der Waals surface area contributed by atoms with Gasteiger partial charge in [0.25, 0.3) is 0 Å². The molecule has 1 unspecified atom stereocenters. The van der Waals surface area contributed by atoms with Gasteiger partial charge in [0, 0.05) is 12.1 Å². The predicted molar refractivity (Wildman–Crippen MR) is 82.9 cm³/mol. The molecule has 0 aliphatic rings. The summed E-state index contributed by atoms with van der Waals surface area (Å²) in [4.78, 5) is 11.9. The Morgan fingerprint density at radius 1 is 1.25 bits per heavy atom. The SMILES string of the molecule is CCOc1ccc(NC(=O)CCC(CC)CCN)cc1. The van der Waals surface area contributed by atoms with E-state index >= 15 is 0 Å². The van der Waals surface area contributed by atoms with Crippen LogP contribution in [-0.4, -0.2) is 19.1 Å². The average Bonchev–Trinajstić information content (AvgIpc) is 2.46. The van der Waals surface area contributed by atoms with E-state index in [9.17, 15) is 4.79 Å². The van der Waals surface area contributed by atoms with Crippen LogP contribution in [0.4, 0.5) is 5.69 Å². The lowest BCUT2D eigenvalue weighted by Crippen LogP contribution is -2.15. The highest BCUT2D eigenvalue weighted by molar-refractivity contribution is 5.90. The summed E-state index contributed by atoms with van der Waals surface area (Å²) in [6.07, 6.45) is 3.52. The summed E-state index contributed by atoms with van der Waals surface area (Å²) in [5, 5.41) is 2.91. The number of hydrogen-bond donors (Lipinski definition) is 2. The Morgan fingerprint density at radius 2 is 1.95 bits per heavy atom. The number of hydrogen-bond acceptors (Lipinski definition) is 3. The van der Waals surface area contributed by atoms with E-state index in [0.29, 0.717) is 25.5 Å². The second-order valence-electron chi connectivity index (χ2n) is 4.90. The first kappa shape index (κ1) is 16.5. The maximum Gasteiger partial charge on any atom is 0.224 e. The molecule has 0 aliphatic heterocycles. The van der Waals surface area contributed by atoms with E-state index in [0.717, 1.165) is 30.7 Å². The van der Waals surface area contributed by atoms with E-state index in [1.807, 2.05) is 31.2 Å². The van der Waals surface area contributed by atoms with Crippen molar-refractivity contribution < 1.29 is 9.53 Å². The van der Waals surface area contributed by atoms with E-state index in [1.165, 1.54) is 0 Å². The van der Waals surface area contributed by atoms with Crippen LogP contribution in [0, 0.1) is 5.92 Å². The first-order chi connectivity index (χ1) is 9.69. The molecule has 0 bridgehead atoms. The molecule has 1 rings (SSSR count). The van der Waals surface area contributed by atoms with Crippen molar-refractivity contribution in [3.63, 3.8) is 0 Å². The van der Waals surface area contributed by atoms with Crippen molar-refractivity contribution in [2.24, 2.45) is 11.7 Å². The summed E-state index contributed by atoms with van der Waals surface area (Å²) in [7, 11) is 0. The minimum Gasteiger partial charge on any atom is -0.494 e. The smallest absolute Gasteiger partial charge is 0.224 e.